The van der Waals surface area contributed by atoms with E-state index < -0.39 is 121 Å². The first-order valence-corrected chi connectivity index (χ1v) is 19.9. The zero-order valence-corrected chi connectivity index (χ0v) is 27.3. The van der Waals surface area contributed by atoms with Gasteiger partial charge in [0.2, 0.25) is 40.1 Å². The van der Waals surface area contributed by atoms with Gasteiger partial charge in [0, 0.05) is 35.4 Å². The van der Waals surface area contributed by atoms with E-state index in [2.05, 4.69) is 18.9 Å². The second-order valence-corrected chi connectivity index (χ2v) is 18.0. The molecule has 20 heteroatoms. The van der Waals surface area contributed by atoms with E-state index in [1.54, 1.807) is 0 Å². The summed E-state index contributed by atoms with van der Waals surface area (Å²) in [5.41, 5.74) is -2.46. The SMILES string of the molecule is CCS(=O)(=O)Nc1cc(O)cc(NS(=O)(=O)CC)c1C1C([O-])C(c2c(NS(=O)(=O)CC)cc(O)cc2NS(=O)(=O)CC)C1[O-]. The number of hydrogen-bond acceptors (Lipinski definition) is 12. The maximum absolute atomic E-state index is 13.9. The van der Waals surface area contributed by atoms with Gasteiger partial charge in [-0.1, -0.05) is 0 Å². The van der Waals surface area contributed by atoms with Crippen LogP contribution in [0, 0.1) is 0 Å². The highest BCUT2D eigenvalue weighted by molar-refractivity contribution is 7.93. The topological polar surface area (TPSA) is 271 Å². The number of sulfonamides is 4. The van der Waals surface area contributed by atoms with Gasteiger partial charge in [0.25, 0.3) is 0 Å². The van der Waals surface area contributed by atoms with Crippen molar-refractivity contribution in [3.63, 3.8) is 0 Å². The van der Waals surface area contributed by atoms with Gasteiger partial charge in [0.05, 0.1) is 45.8 Å². The van der Waals surface area contributed by atoms with E-state index in [0.717, 1.165) is 24.3 Å². The van der Waals surface area contributed by atoms with Crippen LogP contribution in [0.4, 0.5) is 22.7 Å². The lowest BCUT2D eigenvalue weighted by molar-refractivity contribution is -0.535. The number of phenolic OH excluding ortho intramolecular Hbond substituents is 2. The molecular formula is C24H34N4O12S4-2. The van der Waals surface area contributed by atoms with Crippen LogP contribution in [0.5, 0.6) is 11.5 Å². The molecule has 0 atom stereocenters. The van der Waals surface area contributed by atoms with Crippen LogP contribution in [0.25, 0.3) is 0 Å². The van der Waals surface area contributed by atoms with Gasteiger partial charge in [-0.2, -0.15) is 0 Å². The third-order valence-electron chi connectivity index (χ3n) is 6.99. The molecule has 0 bridgehead atoms. The highest BCUT2D eigenvalue weighted by Gasteiger charge is 2.44. The van der Waals surface area contributed by atoms with Gasteiger partial charge in [-0.05, 0) is 39.5 Å². The normalized spacial score (nSPS) is 20.9. The van der Waals surface area contributed by atoms with Crippen LogP contribution < -0.4 is 29.1 Å². The Hall–Kier alpha value is -3.04. The van der Waals surface area contributed by atoms with Gasteiger partial charge in [0.1, 0.15) is 11.5 Å². The lowest BCUT2D eigenvalue weighted by atomic mass is 9.62. The van der Waals surface area contributed by atoms with E-state index in [0.29, 0.717) is 0 Å². The van der Waals surface area contributed by atoms with Gasteiger partial charge < -0.3 is 20.4 Å². The van der Waals surface area contributed by atoms with E-state index in [1.165, 1.54) is 27.7 Å². The Kier molecular flexibility index (Phi) is 10.3. The molecule has 0 aromatic heterocycles. The highest BCUT2D eigenvalue weighted by Crippen LogP contribution is 2.54. The zero-order chi connectivity index (χ0) is 33.4. The standard InChI is InChI=1S/C24H34N4O12S4/c1-5-41(33,34)25-15-9-13(29)10-16(26-42(35,36)6-2)19(15)21-23(31)22(24(21)32)20-17(27-43(37,38)7-3)11-14(30)12-18(20)28-44(39,40)8-4/h9-12,21-30H,5-8H2,1-4H3/q-2. The lowest BCUT2D eigenvalue weighted by Gasteiger charge is -2.62. The summed E-state index contributed by atoms with van der Waals surface area (Å²) in [7, 11) is -16.3. The molecule has 0 heterocycles. The number of phenols is 2. The number of anilines is 4. The highest BCUT2D eigenvalue weighted by atomic mass is 32.2. The van der Waals surface area contributed by atoms with Crippen molar-refractivity contribution in [3.05, 3.63) is 35.4 Å². The van der Waals surface area contributed by atoms with Crippen LogP contribution in [0.1, 0.15) is 50.7 Å². The molecule has 1 aliphatic carbocycles. The molecule has 2 aromatic rings. The Morgan fingerprint density at radius 1 is 0.523 bits per heavy atom. The fourth-order valence-electron chi connectivity index (χ4n) is 4.62. The fourth-order valence-corrected chi connectivity index (χ4v) is 7.22. The van der Waals surface area contributed by atoms with E-state index in [-0.39, 0.29) is 11.1 Å². The first-order chi connectivity index (χ1) is 20.2. The molecule has 16 nitrogen and oxygen atoms in total. The van der Waals surface area contributed by atoms with Gasteiger partial charge in [-0.3, -0.25) is 18.9 Å². The van der Waals surface area contributed by atoms with Crippen LogP contribution in [-0.2, 0) is 40.1 Å². The lowest BCUT2D eigenvalue weighted by Crippen LogP contribution is -2.64. The van der Waals surface area contributed by atoms with Crippen LogP contribution in [0.2, 0.25) is 0 Å². The molecule has 1 aliphatic rings. The Morgan fingerprint density at radius 2 is 0.727 bits per heavy atom. The van der Waals surface area contributed by atoms with Crippen molar-refractivity contribution in [1.82, 2.24) is 0 Å². The fraction of sp³-hybridized carbons (Fsp3) is 0.500. The summed E-state index contributed by atoms with van der Waals surface area (Å²) in [6.07, 6.45) is -4.06. The summed E-state index contributed by atoms with van der Waals surface area (Å²) >= 11 is 0. The molecule has 0 saturated heterocycles. The molecule has 3 rings (SSSR count). The van der Waals surface area contributed by atoms with Crippen molar-refractivity contribution >= 4 is 62.8 Å². The van der Waals surface area contributed by atoms with Crippen molar-refractivity contribution in [2.24, 2.45) is 0 Å². The molecule has 248 valence electrons. The Morgan fingerprint density at radius 3 is 0.909 bits per heavy atom. The summed E-state index contributed by atoms with van der Waals surface area (Å²) in [6, 6.07) is 3.62. The molecule has 0 spiro atoms. The maximum Gasteiger partial charge on any atom is 0.232 e. The number of hydrogen-bond donors (Lipinski definition) is 6. The molecule has 1 saturated carbocycles. The largest absolute Gasteiger partial charge is 0.851 e. The monoisotopic (exact) mass is 698 g/mol. The quantitative estimate of drug-likeness (QED) is 0.146. The Bertz CT molecular complexity index is 1590. The van der Waals surface area contributed by atoms with Crippen molar-refractivity contribution in [3.8, 4) is 11.5 Å². The molecule has 0 radical (unpaired) electrons. The van der Waals surface area contributed by atoms with E-state index >= 15 is 0 Å². The summed E-state index contributed by atoms with van der Waals surface area (Å²) in [4.78, 5) is 0. The minimum Gasteiger partial charge on any atom is -0.851 e. The van der Waals surface area contributed by atoms with Gasteiger partial charge in [0.15, 0.2) is 0 Å². The number of nitrogens with one attached hydrogen (secondary N) is 4. The molecule has 1 fully saturated rings. The van der Waals surface area contributed by atoms with E-state index in [4.69, 9.17) is 0 Å². The maximum atomic E-state index is 13.9. The minimum absolute atomic E-state index is 0.363. The second-order valence-electron chi connectivity index (χ2n) is 9.91. The summed E-state index contributed by atoms with van der Waals surface area (Å²) < 4.78 is 108. The first kappa shape index (κ1) is 35.4. The van der Waals surface area contributed by atoms with Crippen molar-refractivity contribution in [2.75, 3.05) is 41.9 Å². The minimum atomic E-state index is -4.08. The molecular weight excluding hydrogens is 665 g/mol. The molecule has 0 aliphatic heterocycles. The molecule has 0 amide bonds. The smallest absolute Gasteiger partial charge is 0.232 e. The van der Waals surface area contributed by atoms with E-state index in [1.807, 2.05) is 0 Å². The summed E-state index contributed by atoms with van der Waals surface area (Å²) in [5, 5.41) is 48.4. The molecule has 6 N–H and O–H groups in total. The summed E-state index contributed by atoms with van der Waals surface area (Å²) in [6.45, 7) is 5.17. The van der Waals surface area contributed by atoms with Crippen molar-refractivity contribution in [2.45, 2.75) is 51.7 Å². The zero-order valence-electron chi connectivity index (χ0n) is 24.1. The average molecular weight is 699 g/mol. The van der Waals surface area contributed by atoms with Gasteiger partial charge in [-0.25, -0.2) is 33.7 Å². The summed E-state index contributed by atoms with van der Waals surface area (Å²) in [5.74, 6) is -6.36. The molecule has 2 aromatic carbocycles. The predicted molar refractivity (Wildman–Crippen MR) is 162 cm³/mol. The number of rotatable bonds is 14. The molecule has 44 heavy (non-hydrogen) atoms. The number of aromatic hydroxyl groups is 2. The first-order valence-electron chi connectivity index (χ1n) is 13.3. The third kappa shape index (κ3) is 7.78. The molecule has 0 unspecified atom stereocenters. The Labute approximate surface area is 256 Å². The van der Waals surface area contributed by atoms with Crippen LogP contribution in [0.3, 0.4) is 0 Å². The van der Waals surface area contributed by atoms with Crippen molar-refractivity contribution < 1.29 is 54.1 Å². The van der Waals surface area contributed by atoms with Crippen molar-refractivity contribution in [1.29, 1.82) is 0 Å². The van der Waals surface area contributed by atoms with Gasteiger partial charge >= 0.3 is 0 Å². The van der Waals surface area contributed by atoms with Crippen LogP contribution in [0.15, 0.2) is 24.3 Å². The van der Waals surface area contributed by atoms with Crippen LogP contribution in [-0.4, -0.2) is 79.1 Å². The third-order valence-corrected chi connectivity index (χ3v) is 12.2. The predicted octanol–water partition coefficient (Wildman–Crippen LogP) is -0.517. The van der Waals surface area contributed by atoms with Crippen LogP contribution >= 0.6 is 0 Å². The van der Waals surface area contributed by atoms with E-state index in [9.17, 15) is 54.1 Å². The van der Waals surface area contributed by atoms with Gasteiger partial charge in [-0.15, -0.1) is 12.2 Å². The Balaban J connectivity index is 2.28. The average Bonchev–Trinajstić information content (AvgIpc) is 2.91. The second kappa shape index (κ2) is 12.8. The number of benzene rings is 2.